The number of hydrogen-bond acceptors (Lipinski definition) is 12. The average molecular weight is 660 g/mol. The zero-order valence-corrected chi connectivity index (χ0v) is 26.2. The second-order valence-corrected chi connectivity index (χ2v) is 13.4. The summed E-state index contributed by atoms with van der Waals surface area (Å²) in [6.45, 7) is 4.34. The summed E-state index contributed by atoms with van der Waals surface area (Å²) in [5.74, 6) is -6.17. The van der Waals surface area contributed by atoms with Gasteiger partial charge in [0, 0.05) is 16.0 Å². The lowest BCUT2D eigenvalue weighted by molar-refractivity contribution is -0.171. The number of ether oxygens (including phenoxy) is 4. The van der Waals surface area contributed by atoms with Crippen LogP contribution in [-0.4, -0.2) is 74.0 Å². The molecule has 0 saturated heterocycles. The van der Waals surface area contributed by atoms with Crippen molar-refractivity contribution in [2.75, 3.05) is 33.3 Å². The van der Waals surface area contributed by atoms with Gasteiger partial charge in [0.25, 0.3) is 0 Å². The molecule has 43 heavy (non-hydrogen) atoms. The van der Waals surface area contributed by atoms with Crippen molar-refractivity contribution in [3.63, 3.8) is 0 Å². The molecule has 10 nitrogen and oxygen atoms in total. The Bertz CT molecular complexity index is 1550. The first-order valence-electron chi connectivity index (χ1n) is 12.2. The van der Waals surface area contributed by atoms with Gasteiger partial charge in [-0.15, -0.1) is 0 Å². The van der Waals surface area contributed by atoms with Crippen molar-refractivity contribution in [3.05, 3.63) is 54.5 Å². The Hall–Kier alpha value is -3.37. The molecule has 0 saturated carbocycles. The smallest absolute Gasteiger partial charge is 0.466 e. The lowest BCUT2D eigenvalue weighted by Gasteiger charge is -2.50. The third-order valence-electron chi connectivity index (χ3n) is 6.74. The summed E-state index contributed by atoms with van der Waals surface area (Å²) >= 11 is 1.99. The number of carbonyl (C=O) groups excluding carboxylic acids is 5. The molecule has 0 unspecified atom stereocenters. The summed E-state index contributed by atoms with van der Waals surface area (Å²) < 4.78 is 60.0. The Balaban J connectivity index is 2.19. The van der Waals surface area contributed by atoms with Crippen LogP contribution in [0, 0.1) is 6.92 Å². The maximum Gasteiger partial charge on any atom is 0.471 e. The van der Waals surface area contributed by atoms with Crippen molar-refractivity contribution in [1.29, 1.82) is 0 Å². The third-order valence-corrected chi connectivity index (χ3v) is 11.4. The number of nitrogens with zero attached hydrogens (tertiary/aromatic N) is 1. The maximum atomic E-state index is 14.0. The van der Waals surface area contributed by atoms with Gasteiger partial charge in [-0.2, -0.15) is 13.2 Å². The van der Waals surface area contributed by atoms with Gasteiger partial charge >= 0.3 is 36.0 Å². The lowest BCUT2D eigenvalue weighted by atomic mass is 9.83. The summed E-state index contributed by atoms with van der Waals surface area (Å²) in [6.07, 6.45) is -5.28. The molecule has 0 N–H and O–H groups in total. The number of hydrogen-bond donors (Lipinski definition) is 0. The Morgan fingerprint density at radius 2 is 1.28 bits per heavy atom. The van der Waals surface area contributed by atoms with Crippen LogP contribution in [0.4, 0.5) is 18.9 Å². The Kier molecular flexibility index (Phi) is 8.54. The van der Waals surface area contributed by atoms with E-state index in [4.69, 9.17) is 18.9 Å². The summed E-state index contributed by atoms with van der Waals surface area (Å²) in [4.78, 5) is 65.4. The minimum atomic E-state index is -5.28. The number of amides is 1. The molecule has 0 bridgehead atoms. The normalized spacial score (nSPS) is 18.7. The largest absolute Gasteiger partial charge is 0.471 e. The van der Waals surface area contributed by atoms with Crippen LogP contribution in [0.1, 0.15) is 25.0 Å². The van der Waals surface area contributed by atoms with Crippen LogP contribution in [-0.2, 0) is 42.9 Å². The minimum Gasteiger partial charge on any atom is -0.466 e. The number of esters is 4. The van der Waals surface area contributed by atoms with E-state index in [9.17, 15) is 37.1 Å². The molecule has 0 aliphatic carbocycles. The van der Waals surface area contributed by atoms with Gasteiger partial charge in [-0.1, -0.05) is 47.4 Å². The molecule has 1 aromatic rings. The first-order chi connectivity index (χ1) is 20.0. The van der Waals surface area contributed by atoms with Crippen LogP contribution in [0.2, 0.25) is 0 Å². The van der Waals surface area contributed by atoms with Crippen molar-refractivity contribution in [1.82, 2.24) is 0 Å². The number of anilines is 1. The minimum absolute atomic E-state index is 0.0600. The number of fused-ring (bicyclic) bond motifs is 3. The Morgan fingerprint density at radius 3 is 1.74 bits per heavy atom. The van der Waals surface area contributed by atoms with Crippen LogP contribution < -0.4 is 4.90 Å². The number of aryl methyl sites for hydroxylation is 1. The highest BCUT2D eigenvalue weighted by molar-refractivity contribution is 8.26. The van der Waals surface area contributed by atoms with E-state index in [0.29, 0.717) is 45.7 Å². The van der Waals surface area contributed by atoms with Crippen molar-refractivity contribution in [3.8, 4) is 0 Å². The molecule has 3 aliphatic rings. The van der Waals surface area contributed by atoms with Gasteiger partial charge in [0.2, 0.25) is 0 Å². The lowest BCUT2D eigenvalue weighted by Crippen LogP contribution is -2.57. The second kappa shape index (κ2) is 11.3. The van der Waals surface area contributed by atoms with E-state index < -0.39 is 45.6 Å². The topological polar surface area (TPSA) is 126 Å². The zero-order valence-electron chi connectivity index (χ0n) is 23.7. The maximum absolute atomic E-state index is 14.0. The Morgan fingerprint density at radius 1 is 0.791 bits per heavy atom. The second-order valence-electron chi connectivity index (χ2n) is 9.67. The Labute approximate surface area is 256 Å². The van der Waals surface area contributed by atoms with Crippen molar-refractivity contribution in [2.24, 2.45) is 0 Å². The number of benzene rings is 1. The van der Waals surface area contributed by atoms with Crippen molar-refractivity contribution < 1.29 is 56.1 Å². The fourth-order valence-electron chi connectivity index (χ4n) is 4.91. The van der Waals surface area contributed by atoms with Gasteiger partial charge in [0.05, 0.1) is 45.2 Å². The molecular formula is C27H24F3NO9S3. The number of thioether (sulfide) groups is 3. The fourth-order valence-corrected chi connectivity index (χ4v) is 9.97. The van der Waals surface area contributed by atoms with Gasteiger partial charge in [0.15, 0.2) is 0 Å². The molecule has 0 radical (unpaired) electrons. The first-order valence-corrected chi connectivity index (χ1v) is 14.6. The molecule has 1 spiro atoms. The molecule has 16 heteroatoms. The van der Waals surface area contributed by atoms with Gasteiger partial charge < -0.3 is 18.9 Å². The molecule has 1 aromatic carbocycles. The predicted octanol–water partition coefficient (Wildman–Crippen LogP) is 4.47. The number of alkyl halides is 3. The van der Waals surface area contributed by atoms with Gasteiger partial charge in [-0.3, -0.25) is 9.69 Å². The van der Waals surface area contributed by atoms with E-state index in [-0.39, 0.29) is 42.0 Å². The predicted molar refractivity (Wildman–Crippen MR) is 153 cm³/mol. The summed E-state index contributed by atoms with van der Waals surface area (Å²) in [5.41, 5.74) is -1.48. The van der Waals surface area contributed by atoms with Gasteiger partial charge in [-0.25, -0.2) is 19.2 Å². The number of carbonyl (C=O) groups is 5. The van der Waals surface area contributed by atoms with E-state index in [0.717, 1.165) is 28.4 Å². The molecule has 3 aliphatic heterocycles. The average Bonchev–Trinajstić information content (AvgIpc) is 3.34. The molecule has 0 aromatic heterocycles. The van der Waals surface area contributed by atoms with Crippen molar-refractivity contribution in [2.45, 2.75) is 36.6 Å². The fraction of sp³-hybridized carbons (Fsp3) is 0.370. The first kappa shape index (κ1) is 32.5. The van der Waals surface area contributed by atoms with E-state index >= 15 is 0 Å². The third kappa shape index (κ3) is 5.02. The number of halogens is 3. The quantitative estimate of drug-likeness (QED) is 0.334. The van der Waals surface area contributed by atoms with E-state index in [2.05, 4.69) is 0 Å². The van der Waals surface area contributed by atoms with Crippen LogP contribution in [0.5, 0.6) is 0 Å². The molecule has 3 heterocycles. The van der Waals surface area contributed by atoms with E-state index in [1.54, 1.807) is 13.0 Å². The monoisotopic (exact) mass is 659 g/mol. The van der Waals surface area contributed by atoms with Crippen LogP contribution in [0.25, 0.3) is 5.57 Å². The molecule has 4 rings (SSSR count). The molecule has 0 fully saturated rings. The highest BCUT2D eigenvalue weighted by atomic mass is 32.2. The SMILES string of the molecule is COC(=O)C1=C(C(=O)OC)SC2(S1)C(C(=O)OC)=C(C(=O)OC)SC1=C2c2ccc(C)cc2N(C(=O)C(F)(F)F)C1(C)C. The van der Waals surface area contributed by atoms with E-state index in [1.165, 1.54) is 26.0 Å². The molecular weight excluding hydrogens is 635 g/mol. The highest BCUT2D eigenvalue weighted by Gasteiger charge is 2.63. The van der Waals surface area contributed by atoms with Gasteiger partial charge in [0.1, 0.15) is 18.8 Å². The zero-order chi connectivity index (χ0) is 32.2. The summed E-state index contributed by atoms with van der Waals surface area (Å²) in [5, 5.41) is 0. The van der Waals surface area contributed by atoms with Crippen LogP contribution in [0.3, 0.4) is 0 Å². The van der Waals surface area contributed by atoms with Crippen LogP contribution in [0.15, 0.2) is 43.4 Å². The van der Waals surface area contributed by atoms with Crippen LogP contribution >= 0.6 is 35.3 Å². The number of rotatable bonds is 4. The van der Waals surface area contributed by atoms with Gasteiger partial charge in [-0.05, 0) is 32.4 Å². The highest BCUT2D eigenvalue weighted by Crippen LogP contribution is 2.71. The molecule has 230 valence electrons. The molecule has 0 atom stereocenters. The summed E-state index contributed by atoms with van der Waals surface area (Å²) in [7, 11) is 4.23. The standard InChI is InChI=1S/C27H24F3NO9S3/c1-11-8-9-12-13(10-11)31(24(36)27(28,29)30)25(2,3)19-14(12)26(15(20(32)37-4)16(41-19)21(33)38-5)42-17(22(34)39-6)18(43-26)23(35)40-7/h8-10H,1-7H3. The number of methoxy groups -OCH3 is 4. The summed E-state index contributed by atoms with van der Waals surface area (Å²) in [6, 6.07) is 4.45. The molecule has 1 amide bonds. The van der Waals surface area contributed by atoms with E-state index in [1.807, 2.05) is 0 Å². The van der Waals surface area contributed by atoms with Crippen molar-refractivity contribution >= 4 is 76.3 Å².